The zero-order valence-corrected chi connectivity index (χ0v) is 24.3. The molecule has 9 nitrogen and oxygen atoms in total. The molecule has 3 aromatic rings. The lowest BCUT2D eigenvalue weighted by atomic mass is 9.45. The lowest BCUT2D eigenvalue weighted by Gasteiger charge is -2.60. The SMILES string of the molecule is Cn1nnnc1SCC(=O)[C@@]1(O)CCC2C3CCC4=Cc5c(cnn5-c5ccc(F)cc5)CC4(C)C3[C@@H](O)CC21C. The van der Waals surface area contributed by atoms with Crippen molar-refractivity contribution in [2.45, 2.75) is 69.2 Å². The van der Waals surface area contributed by atoms with E-state index in [-0.39, 0.29) is 40.5 Å². The van der Waals surface area contributed by atoms with Crippen molar-refractivity contribution >= 4 is 23.6 Å². The molecule has 41 heavy (non-hydrogen) atoms. The highest BCUT2D eigenvalue weighted by atomic mass is 32.2. The van der Waals surface area contributed by atoms with Gasteiger partial charge in [0.1, 0.15) is 11.4 Å². The summed E-state index contributed by atoms with van der Waals surface area (Å²) in [6.45, 7) is 4.30. The van der Waals surface area contributed by atoms with E-state index in [2.05, 4.69) is 33.6 Å². The molecule has 1 aromatic carbocycles. The summed E-state index contributed by atoms with van der Waals surface area (Å²) in [6, 6.07) is 6.37. The van der Waals surface area contributed by atoms with Gasteiger partial charge in [-0.25, -0.2) is 13.8 Å². The molecule has 0 bridgehead atoms. The van der Waals surface area contributed by atoms with Gasteiger partial charge in [-0.1, -0.05) is 31.2 Å². The quantitative estimate of drug-likeness (QED) is 0.439. The van der Waals surface area contributed by atoms with Gasteiger partial charge in [0, 0.05) is 12.5 Å². The van der Waals surface area contributed by atoms with E-state index in [1.165, 1.54) is 34.1 Å². The average Bonchev–Trinajstić information content (AvgIpc) is 3.61. The van der Waals surface area contributed by atoms with Crippen molar-refractivity contribution in [1.82, 2.24) is 30.0 Å². The van der Waals surface area contributed by atoms with Crippen LogP contribution >= 0.6 is 11.8 Å². The maximum Gasteiger partial charge on any atom is 0.209 e. The summed E-state index contributed by atoms with van der Waals surface area (Å²) >= 11 is 1.24. The smallest absolute Gasteiger partial charge is 0.209 e. The fourth-order valence-corrected chi connectivity index (χ4v) is 9.85. The van der Waals surface area contributed by atoms with E-state index in [1.54, 1.807) is 19.2 Å². The molecule has 216 valence electrons. The van der Waals surface area contributed by atoms with Crippen LogP contribution < -0.4 is 0 Å². The fraction of sp³-hybridized carbons (Fsp3) is 0.567. The zero-order valence-electron chi connectivity index (χ0n) is 23.5. The number of nitrogens with zero attached hydrogens (tertiary/aromatic N) is 6. The second-order valence-electron chi connectivity index (χ2n) is 12.9. The summed E-state index contributed by atoms with van der Waals surface area (Å²) in [7, 11) is 1.72. The van der Waals surface area contributed by atoms with E-state index < -0.39 is 17.1 Å². The third-order valence-electron chi connectivity index (χ3n) is 11.0. The number of aliphatic hydroxyl groups excluding tert-OH is 1. The first-order valence-electron chi connectivity index (χ1n) is 14.4. The molecule has 5 unspecified atom stereocenters. The van der Waals surface area contributed by atoms with Crippen LogP contribution in [0.3, 0.4) is 0 Å². The molecule has 0 amide bonds. The molecule has 0 radical (unpaired) electrons. The number of aromatic nitrogens is 6. The highest BCUT2D eigenvalue weighted by Crippen LogP contribution is 2.67. The summed E-state index contributed by atoms with van der Waals surface area (Å²) < 4.78 is 16.9. The maximum atomic E-state index is 13.6. The van der Waals surface area contributed by atoms with Crippen molar-refractivity contribution in [2.75, 3.05) is 5.75 Å². The molecular formula is C30H35FN6O3S. The highest BCUT2D eigenvalue weighted by Gasteiger charge is 2.68. The van der Waals surface area contributed by atoms with Crippen LogP contribution in [-0.2, 0) is 18.3 Å². The van der Waals surface area contributed by atoms with Gasteiger partial charge in [0.2, 0.25) is 5.16 Å². The number of halogens is 1. The first kappa shape index (κ1) is 27.0. The molecule has 2 N–H and O–H groups in total. The summed E-state index contributed by atoms with van der Waals surface area (Å²) in [5, 5.41) is 40.5. The number of thioether (sulfide) groups is 1. The Morgan fingerprint density at radius 3 is 2.73 bits per heavy atom. The van der Waals surface area contributed by atoms with Crippen molar-refractivity contribution in [2.24, 2.45) is 35.6 Å². The van der Waals surface area contributed by atoms with Crippen LogP contribution in [0.1, 0.15) is 57.2 Å². The van der Waals surface area contributed by atoms with Crippen LogP contribution in [0.4, 0.5) is 4.39 Å². The van der Waals surface area contributed by atoms with Gasteiger partial charge in [0.25, 0.3) is 0 Å². The van der Waals surface area contributed by atoms with Crippen LogP contribution in [0.5, 0.6) is 0 Å². The number of aryl methyl sites for hydroxylation is 1. The largest absolute Gasteiger partial charge is 0.393 e. The molecule has 4 aliphatic rings. The first-order valence-corrected chi connectivity index (χ1v) is 15.4. The number of allylic oxidation sites excluding steroid dienone is 1. The number of tetrazole rings is 1. The number of carbonyl (C=O) groups is 1. The van der Waals surface area contributed by atoms with Gasteiger partial charge >= 0.3 is 0 Å². The monoisotopic (exact) mass is 578 g/mol. The standard InChI is InChI=1S/C30H35FN6O3S/c1-28-13-17-15-32-37(20-7-5-19(31)6-8-20)23(17)12-18(28)4-9-21-22-10-11-30(40,29(22,2)14-24(38)26(21)28)25(39)16-41-27-33-34-35-36(27)3/h5-8,12,15,21-22,24,26,38,40H,4,9-11,13-14,16H2,1-3H3/t21?,22?,24-,26?,28?,29?,30-/m0/s1. The van der Waals surface area contributed by atoms with Gasteiger partial charge in [-0.15, -0.1) is 5.10 Å². The Balaban J connectivity index is 1.16. The second-order valence-corrected chi connectivity index (χ2v) is 13.9. The molecule has 11 heteroatoms. The highest BCUT2D eigenvalue weighted by molar-refractivity contribution is 7.99. The minimum atomic E-state index is -1.49. The van der Waals surface area contributed by atoms with Gasteiger partial charge < -0.3 is 10.2 Å². The maximum absolute atomic E-state index is 13.6. The second kappa shape index (κ2) is 9.31. The number of aliphatic hydroxyl groups is 2. The van der Waals surface area contributed by atoms with E-state index in [4.69, 9.17) is 0 Å². The Morgan fingerprint density at radius 1 is 1.22 bits per heavy atom. The predicted octanol–water partition coefficient (Wildman–Crippen LogP) is 3.78. The van der Waals surface area contributed by atoms with E-state index in [0.29, 0.717) is 18.0 Å². The fourth-order valence-electron chi connectivity index (χ4n) is 9.03. The van der Waals surface area contributed by atoms with Crippen molar-refractivity contribution in [3.8, 4) is 5.69 Å². The van der Waals surface area contributed by atoms with Crippen LogP contribution in [0.2, 0.25) is 0 Å². The number of Topliss-reactive ketones (excluding diaryl/α,β-unsaturated/α-hetero) is 1. The van der Waals surface area contributed by atoms with Crippen LogP contribution in [0.15, 0.2) is 41.2 Å². The average molecular weight is 579 g/mol. The zero-order chi connectivity index (χ0) is 28.7. The summed E-state index contributed by atoms with van der Waals surface area (Å²) in [4.78, 5) is 13.6. The third-order valence-corrected chi connectivity index (χ3v) is 12.0. The predicted molar refractivity (Wildman–Crippen MR) is 150 cm³/mol. The minimum absolute atomic E-state index is 0.0273. The van der Waals surface area contributed by atoms with Crippen LogP contribution in [0.25, 0.3) is 11.8 Å². The normalized spacial score (nSPS) is 35.7. The lowest BCUT2D eigenvalue weighted by Crippen LogP contribution is -2.62. The van der Waals surface area contributed by atoms with Crippen molar-refractivity contribution in [3.05, 3.63) is 53.1 Å². The minimum Gasteiger partial charge on any atom is -0.393 e. The molecule has 7 rings (SSSR count). The Kier molecular flexibility index (Phi) is 6.12. The molecule has 0 aliphatic heterocycles. The summed E-state index contributed by atoms with van der Waals surface area (Å²) in [5.41, 5.74) is 1.84. The Morgan fingerprint density at radius 2 is 2.00 bits per heavy atom. The number of fused-ring (bicyclic) bond motifs is 6. The van der Waals surface area contributed by atoms with Crippen LogP contribution in [-0.4, -0.2) is 63.4 Å². The van der Waals surface area contributed by atoms with E-state index >= 15 is 0 Å². The Hall–Kier alpha value is -2.89. The molecule has 4 aliphatic carbocycles. The number of ketones is 1. The molecule has 7 atom stereocenters. The number of hydrogen-bond acceptors (Lipinski definition) is 8. The van der Waals surface area contributed by atoms with Crippen molar-refractivity contribution < 1.29 is 19.4 Å². The number of rotatable bonds is 5. The molecular weight excluding hydrogens is 543 g/mol. The topological polar surface area (TPSA) is 119 Å². The number of carbonyl (C=O) groups excluding carboxylic acids is 1. The number of benzene rings is 1. The van der Waals surface area contributed by atoms with E-state index in [1.807, 2.05) is 17.8 Å². The summed E-state index contributed by atoms with van der Waals surface area (Å²) in [5.74, 6) is -0.0223. The lowest BCUT2D eigenvalue weighted by molar-refractivity contribution is -0.177. The molecule has 2 aromatic heterocycles. The van der Waals surface area contributed by atoms with Crippen LogP contribution in [0, 0.1) is 34.4 Å². The molecule has 0 spiro atoms. The van der Waals surface area contributed by atoms with Gasteiger partial charge in [-0.3, -0.25) is 4.79 Å². The van der Waals surface area contributed by atoms with E-state index in [9.17, 15) is 19.4 Å². The summed E-state index contributed by atoms with van der Waals surface area (Å²) in [6.07, 6.45) is 7.64. The molecule has 3 saturated carbocycles. The van der Waals surface area contributed by atoms with E-state index in [0.717, 1.165) is 42.6 Å². The van der Waals surface area contributed by atoms with Gasteiger partial charge in [0.05, 0.1) is 29.4 Å². The van der Waals surface area contributed by atoms with Crippen molar-refractivity contribution in [1.29, 1.82) is 0 Å². The first-order chi connectivity index (χ1) is 19.5. The third kappa shape index (κ3) is 3.84. The Labute approximate surface area is 242 Å². The number of hydrogen-bond donors (Lipinski definition) is 2. The van der Waals surface area contributed by atoms with Crippen molar-refractivity contribution in [3.63, 3.8) is 0 Å². The molecule has 3 fully saturated rings. The Bertz CT molecular complexity index is 1550. The molecule has 0 saturated heterocycles. The van der Waals surface area contributed by atoms with Gasteiger partial charge in [0.15, 0.2) is 5.78 Å². The van der Waals surface area contributed by atoms with Gasteiger partial charge in [-0.05, 0) is 108 Å². The van der Waals surface area contributed by atoms with Gasteiger partial charge in [-0.2, -0.15) is 5.10 Å². The molecule has 2 heterocycles.